The molecular weight excluding hydrogens is 437 g/mol. The van der Waals surface area contributed by atoms with Gasteiger partial charge >= 0.3 is 6.09 Å². The third-order valence-corrected chi connectivity index (χ3v) is 4.60. The topological polar surface area (TPSA) is 80.8 Å². The smallest absolute Gasteiger partial charge is 0.407 e. The lowest BCUT2D eigenvalue weighted by Gasteiger charge is -2.34. The van der Waals surface area contributed by atoms with Crippen molar-refractivity contribution < 1.29 is 19.1 Å². The van der Waals surface area contributed by atoms with Gasteiger partial charge in [0.15, 0.2) is 0 Å². The summed E-state index contributed by atoms with van der Waals surface area (Å²) in [5.74, 6) is 0.184. The van der Waals surface area contributed by atoms with Gasteiger partial charge in [0.05, 0.1) is 7.11 Å². The Bertz CT molecular complexity index is 645. The van der Waals surface area contributed by atoms with Crippen LogP contribution in [0.3, 0.4) is 0 Å². The second-order valence-corrected chi connectivity index (χ2v) is 8.08. The van der Waals surface area contributed by atoms with Gasteiger partial charge in [0.1, 0.15) is 11.2 Å². The first-order chi connectivity index (χ1) is 11.7. The third kappa shape index (κ3) is 5.45. The lowest BCUT2D eigenvalue weighted by Crippen LogP contribution is -2.50. The number of rotatable bonds is 3. The SMILES string of the molecule is COc1nccc(I)c1C(=O)N1CCC[C@H](NC(=O)OC(C)(C)C)C1. The number of methoxy groups -OCH3 is 1. The normalized spacial score (nSPS) is 17.8. The van der Waals surface area contributed by atoms with E-state index in [-0.39, 0.29) is 11.9 Å². The summed E-state index contributed by atoms with van der Waals surface area (Å²) in [7, 11) is 1.50. The van der Waals surface area contributed by atoms with Crippen molar-refractivity contribution in [1.82, 2.24) is 15.2 Å². The largest absolute Gasteiger partial charge is 0.480 e. The molecular formula is C17H24IN3O4. The van der Waals surface area contributed by atoms with Gasteiger partial charge in [-0.1, -0.05) is 0 Å². The Morgan fingerprint density at radius 3 is 2.76 bits per heavy atom. The van der Waals surface area contributed by atoms with Crippen LogP contribution in [0, 0.1) is 3.57 Å². The van der Waals surface area contributed by atoms with Crippen LogP contribution in [0.4, 0.5) is 4.79 Å². The quantitative estimate of drug-likeness (QED) is 0.701. The molecule has 1 aliphatic heterocycles. The second kappa shape index (κ2) is 8.20. The number of pyridine rings is 1. The lowest BCUT2D eigenvalue weighted by molar-refractivity contribution is 0.0451. The number of nitrogens with zero attached hydrogens (tertiary/aromatic N) is 2. The first-order valence-electron chi connectivity index (χ1n) is 8.18. The highest BCUT2D eigenvalue weighted by Crippen LogP contribution is 2.24. The van der Waals surface area contributed by atoms with Crippen molar-refractivity contribution in [2.45, 2.75) is 45.3 Å². The van der Waals surface area contributed by atoms with E-state index in [9.17, 15) is 9.59 Å². The number of alkyl carbamates (subject to hydrolysis) is 1. The van der Waals surface area contributed by atoms with Gasteiger partial charge in [-0.25, -0.2) is 9.78 Å². The van der Waals surface area contributed by atoms with Crippen molar-refractivity contribution in [2.24, 2.45) is 0 Å². The molecule has 1 aromatic rings. The van der Waals surface area contributed by atoms with Crippen molar-refractivity contribution >= 4 is 34.6 Å². The summed E-state index contributed by atoms with van der Waals surface area (Å²) in [4.78, 5) is 30.7. The fraction of sp³-hybridized carbons (Fsp3) is 0.588. The Hall–Kier alpha value is -1.58. The zero-order chi connectivity index (χ0) is 18.6. The standard InChI is InChI=1S/C17H24IN3O4/c1-17(2,3)25-16(23)20-11-6-5-9-21(10-11)15(22)13-12(18)7-8-19-14(13)24-4/h7-8,11H,5-6,9-10H2,1-4H3,(H,20,23)/t11-/m0/s1. The van der Waals surface area contributed by atoms with Gasteiger partial charge in [-0.05, 0) is 62.3 Å². The van der Waals surface area contributed by atoms with Gasteiger partial charge in [0.2, 0.25) is 5.88 Å². The summed E-state index contributed by atoms with van der Waals surface area (Å²) >= 11 is 2.10. The number of amides is 2. The lowest BCUT2D eigenvalue weighted by atomic mass is 10.0. The molecule has 1 saturated heterocycles. The third-order valence-electron chi connectivity index (χ3n) is 3.70. The molecule has 2 heterocycles. The zero-order valence-electron chi connectivity index (χ0n) is 15.0. The first kappa shape index (κ1) is 19.7. The van der Waals surface area contributed by atoms with Crippen LogP contribution in [0.5, 0.6) is 5.88 Å². The van der Waals surface area contributed by atoms with Gasteiger partial charge in [-0.2, -0.15) is 0 Å². The first-order valence-corrected chi connectivity index (χ1v) is 9.26. The van der Waals surface area contributed by atoms with Crippen LogP contribution in [0.25, 0.3) is 0 Å². The average Bonchev–Trinajstić information content (AvgIpc) is 2.52. The minimum Gasteiger partial charge on any atom is -0.480 e. The summed E-state index contributed by atoms with van der Waals surface area (Å²) in [6, 6.07) is 1.64. The average molecular weight is 461 g/mol. The van der Waals surface area contributed by atoms with Gasteiger partial charge in [-0.15, -0.1) is 0 Å². The van der Waals surface area contributed by atoms with Crippen molar-refractivity contribution in [3.63, 3.8) is 0 Å². The Kier molecular flexibility index (Phi) is 6.47. The number of ether oxygens (including phenoxy) is 2. The van der Waals surface area contributed by atoms with Gasteiger partial charge < -0.3 is 19.7 Å². The number of carbonyl (C=O) groups is 2. The fourth-order valence-corrected chi connectivity index (χ4v) is 3.30. The maximum Gasteiger partial charge on any atom is 0.407 e. The van der Waals surface area contributed by atoms with Crippen LogP contribution in [0.1, 0.15) is 44.0 Å². The van der Waals surface area contributed by atoms with Crippen LogP contribution >= 0.6 is 22.6 Å². The molecule has 2 rings (SSSR count). The predicted molar refractivity (Wildman–Crippen MR) is 102 cm³/mol. The monoisotopic (exact) mass is 461 g/mol. The number of likely N-dealkylation sites (tertiary alicyclic amines) is 1. The highest BCUT2D eigenvalue weighted by Gasteiger charge is 2.29. The molecule has 0 aromatic carbocycles. The Morgan fingerprint density at radius 1 is 1.40 bits per heavy atom. The maximum absolute atomic E-state index is 12.9. The van der Waals surface area contributed by atoms with Crippen LogP contribution < -0.4 is 10.1 Å². The molecule has 0 bridgehead atoms. The summed E-state index contributed by atoms with van der Waals surface area (Å²) in [5.41, 5.74) is -0.0866. The van der Waals surface area contributed by atoms with E-state index in [1.165, 1.54) is 7.11 Å². The predicted octanol–water partition coefficient (Wildman–Crippen LogP) is 2.82. The molecule has 1 aromatic heterocycles. The van der Waals surface area contributed by atoms with Crippen molar-refractivity contribution in [3.05, 3.63) is 21.4 Å². The van der Waals surface area contributed by atoms with E-state index < -0.39 is 11.7 Å². The van der Waals surface area contributed by atoms with E-state index in [2.05, 4.69) is 32.9 Å². The minimum atomic E-state index is -0.548. The Balaban J connectivity index is 2.06. The molecule has 0 radical (unpaired) electrons. The molecule has 7 nitrogen and oxygen atoms in total. The summed E-state index contributed by atoms with van der Waals surface area (Å²) in [5, 5.41) is 2.85. The molecule has 8 heteroatoms. The summed E-state index contributed by atoms with van der Waals surface area (Å²) < 4.78 is 11.3. The number of nitrogens with one attached hydrogen (secondary N) is 1. The number of halogens is 1. The zero-order valence-corrected chi connectivity index (χ0v) is 17.1. The number of aromatic nitrogens is 1. The molecule has 0 unspecified atom stereocenters. The Labute approximate surface area is 161 Å². The molecule has 1 atom stereocenters. The molecule has 0 saturated carbocycles. The molecule has 0 spiro atoms. The number of hydrogen-bond acceptors (Lipinski definition) is 5. The summed E-state index contributed by atoms with van der Waals surface area (Å²) in [6.07, 6.45) is 2.77. The second-order valence-electron chi connectivity index (χ2n) is 6.91. The van der Waals surface area contributed by atoms with Gasteiger partial charge in [0, 0.05) is 28.9 Å². The van der Waals surface area contributed by atoms with Crippen LogP contribution in [-0.4, -0.2) is 53.7 Å². The van der Waals surface area contributed by atoms with Crippen molar-refractivity contribution in [1.29, 1.82) is 0 Å². The molecule has 1 N–H and O–H groups in total. The van der Waals surface area contributed by atoms with E-state index in [1.54, 1.807) is 17.2 Å². The Morgan fingerprint density at radius 2 is 2.12 bits per heavy atom. The molecule has 138 valence electrons. The number of hydrogen-bond donors (Lipinski definition) is 1. The van der Waals surface area contributed by atoms with E-state index in [1.807, 2.05) is 20.8 Å². The van der Waals surface area contributed by atoms with Crippen molar-refractivity contribution in [2.75, 3.05) is 20.2 Å². The van der Waals surface area contributed by atoms with Gasteiger partial charge in [-0.3, -0.25) is 4.79 Å². The number of piperidine rings is 1. The molecule has 0 aliphatic carbocycles. The molecule has 1 fully saturated rings. The van der Waals surface area contributed by atoms with Crippen molar-refractivity contribution in [3.8, 4) is 5.88 Å². The maximum atomic E-state index is 12.9. The van der Waals surface area contributed by atoms with E-state index in [4.69, 9.17) is 9.47 Å². The van der Waals surface area contributed by atoms with E-state index >= 15 is 0 Å². The van der Waals surface area contributed by atoms with Gasteiger partial charge in [0.25, 0.3) is 5.91 Å². The molecule has 2 amide bonds. The highest BCUT2D eigenvalue weighted by molar-refractivity contribution is 14.1. The summed E-state index contributed by atoms with van der Waals surface area (Å²) in [6.45, 7) is 6.53. The van der Waals surface area contributed by atoms with E-state index in [0.29, 0.717) is 24.5 Å². The van der Waals surface area contributed by atoms with Crippen LogP contribution in [-0.2, 0) is 4.74 Å². The molecule has 25 heavy (non-hydrogen) atoms. The molecule has 1 aliphatic rings. The van der Waals surface area contributed by atoms with Crippen LogP contribution in [0.2, 0.25) is 0 Å². The van der Waals surface area contributed by atoms with Crippen LogP contribution in [0.15, 0.2) is 12.3 Å². The fourth-order valence-electron chi connectivity index (χ4n) is 2.68. The highest BCUT2D eigenvalue weighted by atomic mass is 127. The van der Waals surface area contributed by atoms with E-state index in [0.717, 1.165) is 16.4 Å². The minimum absolute atomic E-state index is 0.132. The number of carbonyl (C=O) groups excluding carboxylic acids is 2.